The first-order chi connectivity index (χ1) is 14.7. The molecule has 0 aliphatic rings. The topological polar surface area (TPSA) is 75.3 Å². The zero-order valence-corrected chi connectivity index (χ0v) is 19.0. The van der Waals surface area contributed by atoms with Crippen molar-refractivity contribution in [3.63, 3.8) is 0 Å². The van der Waals surface area contributed by atoms with Crippen molar-refractivity contribution in [2.24, 2.45) is 0 Å². The normalized spacial score (nSPS) is 12.2. The van der Waals surface area contributed by atoms with Crippen LogP contribution >= 0.6 is 11.6 Å². The van der Waals surface area contributed by atoms with Crippen molar-refractivity contribution in [1.82, 2.24) is 5.32 Å². The average molecular weight is 457 g/mol. The van der Waals surface area contributed by atoms with Gasteiger partial charge >= 0.3 is 0 Å². The molecule has 0 fully saturated rings. The van der Waals surface area contributed by atoms with E-state index in [1.807, 2.05) is 44.2 Å². The van der Waals surface area contributed by atoms with Crippen LogP contribution in [-0.2, 0) is 16.4 Å². The molecule has 0 heterocycles. The Balaban J connectivity index is 1.70. The van der Waals surface area contributed by atoms with Crippen LogP contribution in [0.3, 0.4) is 0 Å². The monoisotopic (exact) mass is 456 g/mol. The van der Waals surface area contributed by atoms with Gasteiger partial charge in [0, 0.05) is 17.3 Å². The minimum Gasteiger partial charge on any atom is -0.350 e. The lowest BCUT2D eigenvalue weighted by Crippen LogP contribution is -2.33. The van der Waals surface area contributed by atoms with E-state index in [0.717, 1.165) is 18.4 Å². The molecule has 2 N–H and O–H groups in total. The molecule has 5 nitrogen and oxygen atoms in total. The van der Waals surface area contributed by atoms with Crippen LogP contribution in [0.4, 0.5) is 5.69 Å². The molecule has 0 aromatic heterocycles. The molecular weight excluding hydrogens is 432 g/mol. The Morgan fingerprint density at radius 3 is 2.35 bits per heavy atom. The largest absolute Gasteiger partial charge is 0.350 e. The van der Waals surface area contributed by atoms with Crippen molar-refractivity contribution in [2.75, 3.05) is 4.72 Å². The maximum absolute atomic E-state index is 12.8. The molecule has 0 spiro atoms. The van der Waals surface area contributed by atoms with Gasteiger partial charge < -0.3 is 5.32 Å². The Bertz CT molecular complexity index is 1150. The van der Waals surface area contributed by atoms with Crippen molar-refractivity contribution in [3.8, 4) is 0 Å². The lowest BCUT2D eigenvalue weighted by atomic mass is 10.1. The Hall–Kier alpha value is -2.83. The number of benzene rings is 3. The van der Waals surface area contributed by atoms with Gasteiger partial charge in [0.05, 0.1) is 5.02 Å². The molecule has 0 unspecified atom stereocenters. The van der Waals surface area contributed by atoms with Crippen LogP contribution in [-0.4, -0.2) is 20.4 Å². The number of anilines is 1. The number of hydrogen-bond donors (Lipinski definition) is 2. The summed E-state index contributed by atoms with van der Waals surface area (Å²) in [6.45, 7) is 3.84. The third-order valence-corrected chi connectivity index (χ3v) is 6.74. The van der Waals surface area contributed by atoms with Gasteiger partial charge in [0.1, 0.15) is 4.90 Å². The highest BCUT2D eigenvalue weighted by molar-refractivity contribution is 7.92. The summed E-state index contributed by atoms with van der Waals surface area (Å²) in [6.07, 6.45) is 1.60. The number of aryl methyl sites for hydroxylation is 2. The van der Waals surface area contributed by atoms with Gasteiger partial charge in [0.15, 0.2) is 0 Å². The molecule has 0 saturated carbocycles. The summed E-state index contributed by atoms with van der Waals surface area (Å²) in [5.74, 6) is -0.344. The van der Waals surface area contributed by atoms with Gasteiger partial charge in [-0.3, -0.25) is 9.52 Å². The summed E-state index contributed by atoms with van der Waals surface area (Å²) in [5, 5.41) is 2.97. The number of carbonyl (C=O) groups is 1. The zero-order chi connectivity index (χ0) is 22.4. The van der Waals surface area contributed by atoms with E-state index in [-0.39, 0.29) is 27.4 Å². The second-order valence-corrected chi connectivity index (χ2v) is 9.57. The predicted octanol–water partition coefficient (Wildman–Crippen LogP) is 5.20. The highest BCUT2D eigenvalue weighted by Crippen LogP contribution is 2.25. The van der Waals surface area contributed by atoms with E-state index < -0.39 is 10.0 Å². The van der Waals surface area contributed by atoms with Crippen LogP contribution in [0.5, 0.6) is 0 Å². The Morgan fingerprint density at radius 2 is 1.68 bits per heavy atom. The van der Waals surface area contributed by atoms with Crippen molar-refractivity contribution in [1.29, 1.82) is 0 Å². The van der Waals surface area contributed by atoms with E-state index in [2.05, 4.69) is 10.0 Å². The van der Waals surface area contributed by atoms with Crippen molar-refractivity contribution < 1.29 is 13.2 Å². The first-order valence-electron chi connectivity index (χ1n) is 9.98. The first-order valence-corrected chi connectivity index (χ1v) is 11.8. The highest BCUT2D eigenvalue weighted by atomic mass is 35.5. The molecule has 0 aliphatic heterocycles. The zero-order valence-electron chi connectivity index (χ0n) is 17.4. The number of sulfonamides is 1. The van der Waals surface area contributed by atoms with Crippen LogP contribution in [0, 0.1) is 6.92 Å². The maximum atomic E-state index is 12.8. The number of rotatable bonds is 8. The lowest BCUT2D eigenvalue weighted by Gasteiger charge is -2.15. The van der Waals surface area contributed by atoms with Crippen LogP contribution in [0.15, 0.2) is 77.7 Å². The molecule has 3 rings (SSSR count). The summed E-state index contributed by atoms with van der Waals surface area (Å²) >= 11 is 6.15. The Morgan fingerprint density at radius 1 is 1.00 bits per heavy atom. The van der Waals surface area contributed by atoms with E-state index in [4.69, 9.17) is 11.6 Å². The standard InChI is InChI=1S/C24H25ClN2O3S/c1-17-8-13-21(14-9-17)27-31(29,30)23-16-20(12-15-22(23)25)24(28)26-18(2)10-11-19-6-4-3-5-7-19/h3-9,12-16,18,27H,10-11H2,1-2H3,(H,26,28)/t18-/m0/s1. The molecule has 3 aromatic rings. The minimum absolute atomic E-state index is 0.0493. The fourth-order valence-electron chi connectivity index (χ4n) is 3.09. The first kappa shape index (κ1) is 22.8. The second-order valence-electron chi connectivity index (χ2n) is 7.52. The molecule has 3 aromatic carbocycles. The van der Waals surface area contributed by atoms with Crippen LogP contribution in [0.25, 0.3) is 0 Å². The van der Waals surface area contributed by atoms with Crippen molar-refractivity contribution in [3.05, 3.63) is 94.5 Å². The summed E-state index contributed by atoms with van der Waals surface area (Å²) in [6, 6.07) is 21.2. The van der Waals surface area contributed by atoms with Crippen LogP contribution in [0.2, 0.25) is 5.02 Å². The van der Waals surface area contributed by atoms with Gasteiger partial charge in [0.25, 0.3) is 15.9 Å². The smallest absolute Gasteiger partial charge is 0.263 e. The van der Waals surface area contributed by atoms with Gasteiger partial charge in [0.2, 0.25) is 0 Å². The second kappa shape index (κ2) is 9.98. The Kier molecular flexibility index (Phi) is 7.36. The fraction of sp³-hybridized carbons (Fsp3) is 0.208. The number of halogens is 1. The van der Waals surface area contributed by atoms with E-state index in [1.54, 1.807) is 24.3 Å². The molecule has 0 saturated heterocycles. The van der Waals surface area contributed by atoms with Gasteiger partial charge in [-0.05, 0) is 62.6 Å². The van der Waals surface area contributed by atoms with E-state index in [9.17, 15) is 13.2 Å². The van der Waals surface area contributed by atoms with Gasteiger partial charge in [-0.25, -0.2) is 8.42 Å². The summed E-state index contributed by atoms with van der Waals surface area (Å²) in [4.78, 5) is 12.5. The van der Waals surface area contributed by atoms with Gasteiger partial charge in [-0.15, -0.1) is 0 Å². The SMILES string of the molecule is Cc1ccc(NS(=O)(=O)c2cc(C(=O)N[C@@H](C)CCc3ccccc3)ccc2Cl)cc1. The molecule has 162 valence electrons. The van der Waals surface area contributed by atoms with Crippen molar-refractivity contribution in [2.45, 2.75) is 37.6 Å². The molecule has 7 heteroatoms. The minimum atomic E-state index is -3.95. The van der Waals surface area contributed by atoms with Gasteiger partial charge in [-0.2, -0.15) is 0 Å². The van der Waals surface area contributed by atoms with Crippen LogP contribution < -0.4 is 10.0 Å². The predicted molar refractivity (Wildman–Crippen MR) is 125 cm³/mol. The lowest BCUT2D eigenvalue weighted by molar-refractivity contribution is 0.0938. The molecule has 0 radical (unpaired) electrons. The quantitative estimate of drug-likeness (QED) is 0.489. The number of hydrogen-bond acceptors (Lipinski definition) is 3. The average Bonchev–Trinajstić information content (AvgIpc) is 2.74. The molecule has 31 heavy (non-hydrogen) atoms. The highest BCUT2D eigenvalue weighted by Gasteiger charge is 2.21. The summed E-state index contributed by atoms with van der Waals surface area (Å²) in [7, 11) is -3.95. The van der Waals surface area contributed by atoms with Crippen molar-refractivity contribution >= 4 is 33.2 Å². The summed E-state index contributed by atoms with van der Waals surface area (Å²) in [5.41, 5.74) is 2.87. The van der Waals surface area contributed by atoms with E-state index in [0.29, 0.717) is 5.69 Å². The fourth-order valence-corrected chi connectivity index (χ4v) is 4.67. The molecule has 1 amide bonds. The van der Waals surface area contributed by atoms with Crippen LogP contribution in [0.1, 0.15) is 34.8 Å². The molecule has 0 bridgehead atoms. The van der Waals surface area contributed by atoms with E-state index in [1.165, 1.54) is 23.8 Å². The molecular formula is C24H25ClN2O3S. The van der Waals surface area contributed by atoms with Gasteiger partial charge in [-0.1, -0.05) is 59.6 Å². The molecule has 1 atom stereocenters. The summed E-state index contributed by atoms with van der Waals surface area (Å²) < 4.78 is 28.2. The third-order valence-electron chi connectivity index (χ3n) is 4.87. The number of carbonyl (C=O) groups excluding carboxylic acids is 1. The molecule has 0 aliphatic carbocycles. The third kappa shape index (κ3) is 6.32. The van der Waals surface area contributed by atoms with E-state index >= 15 is 0 Å². The number of nitrogens with one attached hydrogen (secondary N) is 2. The Labute approximate surface area is 188 Å². The maximum Gasteiger partial charge on any atom is 0.263 e. The number of amides is 1.